The molecule has 1 aliphatic rings. The van der Waals surface area contributed by atoms with Gasteiger partial charge in [0.25, 0.3) is 0 Å². The van der Waals surface area contributed by atoms with Crippen LogP contribution in [0.1, 0.15) is 6.42 Å². The number of pyridine rings is 1. The van der Waals surface area contributed by atoms with Crippen molar-refractivity contribution < 1.29 is 13.9 Å². The predicted octanol–water partition coefficient (Wildman–Crippen LogP) is 2.81. The molecule has 3 aromatic heterocycles. The molecule has 1 fully saturated rings. The van der Waals surface area contributed by atoms with E-state index >= 15 is 0 Å². The van der Waals surface area contributed by atoms with E-state index in [-0.39, 0.29) is 12.3 Å². The summed E-state index contributed by atoms with van der Waals surface area (Å²) in [6, 6.07) is 7.31. The van der Waals surface area contributed by atoms with Crippen molar-refractivity contribution in [3.63, 3.8) is 0 Å². The maximum absolute atomic E-state index is 13.0. The van der Waals surface area contributed by atoms with Crippen molar-refractivity contribution in [1.82, 2.24) is 25.1 Å². The predicted molar refractivity (Wildman–Crippen MR) is 97.2 cm³/mol. The third-order valence-electron chi connectivity index (χ3n) is 4.74. The Labute approximate surface area is 152 Å². The number of anilines is 1. The van der Waals surface area contributed by atoms with Crippen LogP contribution < -0.4 is 10.1 Å². The van der Waals surface area contributed by atoms with Crippen molar-refractivity contribution in [2.24, 2.45) is 5.92 Å². The summed E-state index contributed by atoms with van der Waals surface area (Å²) >= 11 is 0. The third-order valence-corrected chi connectivity index (χ3v) is 4.74. The molecule has 1 saturated carbocycles. The standard InChI is InChI=1S/C18H15FN6O2/c1-27-16-8(2-4-12-15(16)21-7-20-12)14-9-3-5-13(22-17(9)25-24-14)23-18(26)10-6-11(10)19/h2-5,7,10-11H,6H2,1H3,(H,20,21)(H2,22,23,24,25,26)/t10-,11+/m1/s1. The number of halogens is 1. The number of rotatable bonds is 4. The Hall–Kier alpha value is -3.49. The zero-order valence-corrected chi connectivity index (χ0v) is 14.3. The Kier molecular flexibility index (Phi) is 3.36. The van der Waals surface area contributed by atoms with Crippen LogP contribution in [0.25, 0.3) is 33.3 Å². The average molecular weight is 366 g/mol. The lowest BCUT2D eigenvalue weighted by Gasteiger charge is -2.08. The Balaban J connectivity index is 1.54. The lowest BCUT2D eigenvalue weighted by molar-refractivity contribution is -0.117. The highest BCUT2D eigenvalue weighted by molar-refractivity contribution is 5.99. The number of H-pyrrole nitrogens is 2. The molecule has 8 nitrogen and oxygen atoms in total. The van der Waals surface area contributed by atoms with Crippen LogP contribution in [0, 0.1) is 5.92 Å². The molecule has 0 bridgehead atoms. The lowest BCUT2D eigenvalue weighted by Crippen LogP contribution is -2.15. The first-order valence-corrected chi connectivity index (χ1v) is 8.46. The van der Waals surface area contributed by atoms with Gasteiger partial charge in [0.2, 0.25) is 5.91 Å². The number of amides is 1. The number of fused-ring (bicyclic) bond motifs is 2. The fraction of sp³-hybridized carbons (Fsp3) is 0.222. The molecule has 136 valence electrons. The summed E-state index contributed by atoms with van der Waals surface area (Å²) < 4.78 is 18.6. The first-order valence-electron chi connectivity index (χ1n) is 8.46. The van der Waals surface area contributed by atoms with Crippen molar-refractivity contribution in [2.45, 2.75) is 12.6 Å². The molecular weight excluding hydrogens is 351 g/mol. The minimum Gasteiger partial charge on any atom is -0.494 e. The van der Waals surface area contributed by atoms with Gasteiger partial charge in [-0.2, -0.15) is 5.10 Å². The molecule has 0 unspecified atom stereocenters. The summed E-state index contributed by atoms with van der Waals surface area (Å²) in [4.78, 5) is 23.6. The number of ether oxygens (including phenoxy) is 1. The maximum atomic E-state index is 13.0. The molecule has 2 atom stereocenters. The van der Waals surface area contributed by atoms with E-state index in [2.05, 4.69) is 30.5 Å². The highest BCUT2D eigenvalue weighted by Gasteiger charge is 2.43. The summed E-state index contributed by atoms with van der Waals surface area (Å²) in [6.07, 6.45) is 0.839. The number of alkyl halides is 1. The Morgan fingerprint density at radius 3 is 2.96 bits per heavy atom. The van der Waals surface area contributed by atoms with E-state index < -0.39 is 12.1 Å². The van der Waals surface area contributed by atoms with Crippen LogP contribution in [0.3, 0.4) is 0 Å². The second-order valence-electron chi connectivity index (χ2n) is 6.46. The molecule has 4 aromatic rings. The van der Waals surface area contributed by atoms with Crippen LogP contribution in [0.15, 0.2) is 30.6 Å². The Morgan fingerprint density at radius 2 is 2.19 bits per heavy atom. The number of carbonyl (C=O) groups excluding carboxylic acids is 1. The largest absolute Gasteiger partial charge is 0.494 e. The van der Waals surface area contributed by atoms with Gasteiger partial charge < -0.3 is 15.0 Å². The van der Waals surface area contributed by atoms with Crippen LogP contribution in [0.4, 0.5) is 10.2 Å². The van der Waals surface area contributed by atoms with Gasteiger partial charge in [0, 0.05) is 10.9 Å². The van der Waals surface area contributed by atoms with E-state index in [1.54, 1.807) is 19.5 Å². The second-order valence-corrected chi connectivity index (χ2v) is 6.46. The number of imidazole rings is 1. The summed E-state index contributed by atoms with van der Waals surface area (Å²) in [5.74, 6) is 0.0524. The number of hydrogen-bond donors (Lipinski definition) is 3. The maximum Gasteiger partial charge on any atom is 0.231 e. The van der Waals surface area contributed by atoms with Crippen molar-refractivity contribution in [3.05, 3.63) is 30.6 Å². The monoisotopic (exact) mass is 366 g/mol. The SMILES string of the molecule is COc1c(-c2[nH]nc3nc(NC(=O)[C@@H]4C[C@@H]4F)ccc23)ccc2[nH]cnc12. The number of aromatic nitrogens is 5. The van der Waals surface area contributed by atoms with Crippen LogP contribution >= 0.6 is 0 Å². The normalized spacial score (nSPS) is 18.7. The zero-order chi connectivity index (χ0) is 18.5. The fourth-order valence-corrected chi connectivity index (χ4v) is 3.21. The van der Waals surface area contributed by atoms with Crippen LogP contribution in [-0.2, 0) is 4.79 Å². The molecular formula is C18H15FN6O2. The number of methoxy groups -OCH3 is 1. The van der Waals surface area contributed by atoms with Crippen molar-refractivity contribution in [2.75, 3.05) is 12.4 Å². The highest BCUT2D eigenvalue weighted by Crippen LogP contribution is 2.38. The van der Waals surface area contributed by atoms with Crippen LogP contribution in [0.5, 0.6) is 5.75 Å². The van der Waals surface area contributed by atoms with Crippen molar-refractivity contribution in [3.8, 4) is 17.0 Å². The summed E-state index contributed by atoms with van der Waals surface area (Å²) in [5, 5.41) is 10.6. The number of benzene rings is 1. The smallest absolute Gasteiger partial charge is 0.231 e. The number of carbonyl (C=O) groups is 1. The van der Waals surface area contributed by atoms with Gasteiger partial charge in [-0.3, -0.25) is 9.89 Å². The van der Waals surface area contributed by atoms with Gasteiger partial charge in [-0.25, -0.2) is 14.4 Å². The number of aromatic amines is 2. The minimum absolute atomic E-state index is 0.274. The van der Waals surface area contributed by atoms with Gasteiger partial charge in [0.1, 0.15) is 17.5 Å². The number of nitrogens with zero attached hydrogens (tertiary/aromatic N) is 3. The summed E-state index contributed by atoms with van der Waals surface area (Å²) in [7, 11) is 1.59. The molecule has 9 heteroatoms. The molecule has 1 aromatic carbocycles. The quantitative estimate of drug-likeness (QED) is 0.515. The summed E-state index contributed by atoms with van der Waals surface area (Å²) in [5.41, 5.74) is 3.58. The Bertz CT molecular complexity index is 1180. The molecule has 0 aliphatic heterocycles. The molecule has 0 spiro atoms. The summed E-state index contributed by atoms with van der Waals surface area (Å²) in [6.45, 7) is 0. The Morgan fingerprint density at radius 1 is 1.33 bits per heavy atom. The van der Waals surface area contributed by atoms with Crippen LogP contribution in [-0.4, -0.2) is 44.3 Å². The molecule has 0 saturated heterocycles. The van der Waals surface area contributed by atoms with Gasteiger partial charge in [-0.05, 0) is 30.7 Å². The van der Waals surface area contributed by atoms with E-state index in [9.17, 15) is 9.18 Å². The van der Waals surface area contributed by atoms with Crippen LogP contribution in [0.2, 0.25) is 0 Å². The molecule has 3 N–H and O–H groups in total. The first kappa shape index (κ1) is 15.7. The minimum atomic E-state index is -1.05. The number of hydrogen-bond acceptors (Lipinski definition) is 5. The zero-order valence-electron chi connectivity index (χ0n) is 14.3. The molecule has 27 heavy (non-hydrogen) atoms. The van der Waals surface area contributed by atoms with Gasteiger partial charge in [-0.1, -0.05) is 0 Å². The molecule has 5 rings (SSSR count). The van der Waals surface area contributed by atoms with Gasteiger partial charge in [0.05, 0.1) is 30.6 Å². The number of nitrogens with one attached hydrogen (secondary N) is 3. The molecule has 0 radical (unpaired) electrons. The average Bonchev–Trinajstić information content (AvgIpc) is 3.07. The third kappa shape index (κ3) is 2.50. The van der Waals surface area contributed by atoms with Gasteiger partial charge in [0.15, 0.2) is 11.4 Å². The molecule has 1 amide bonds. The van der Waals surface area contributed by atoms with Gasteiger partial charge >= 0.3 is 0 Å². The topological polar surface area (TPSA) is 109 Å². The van der Waals surface area contributed by atoms with Crippen molar-refractivity contribution in [1.29, 1.82) is 0 Å². The van der Waals surface area contributed by atoms with E-state index in [1.165, 1.54) is 0 Å². The van der Waals surface area contributed by atoms with E-state index in [4.69, 9.17) is 4.74 Å². The van der Waals surface area contributed by atoms with Crippen molar-refractivity contribution >= 4 is 33.8 Å². The molecule has 3 heterocycles. The fourth-order valence-electron chi connectivity index (χ4n) is 3.21. The lowest BCUT2D eigenvalue weighted by atomic mass is 10.1. The van der Waals surface area contributed by atoms with E-state index in [0.29, 0.717) is 17.2 Å². The second kappa shape index (κ2) is 5.76. The molecule has 1 aliphatic carbocycles. The van der Waals surface area contributed by atoms with E-state index in [1.807, 2.05) is 18.2 Å². The highest BCUT2D eigenvalue weighted by atomic mass is 19.1. The van der Waals surface area contributed by atoms with Gasteiger partial charge in [-0.15, -0.1) is 0 Å². The first-order chi connectivity index (χ1) is 13.2. The van der Waals surface area contributed by atoms with E-state index in [0.717, 1.165) is 27.7 Å².